The fourth-order valence-corrected chi connectivity index (χ4v) is 3.30. The van der Waals surface area contributed by atoms with Crippen molar-refractivity contribution in [3.8, 4) is 17.7 Å². The zero-order valence-corrected chi connectivity index (χ0v) is 17.0. The van der Waals surface area contributed by atoms with Crippen LogP contribution < -0.4 is 15.6 Å². The van der Waals surface area contributed by atoms with Crippen LogP contribution >= 0.6 is 0 Å². The molecule has 0 saturated carbocycles. The Bertz CT molecular complexity index is 1270. The predicted octanol–water partition coefficient (Wildman–Crippen LogP) is 2.83. The number of ether oxygens (including phenoxy) is 2. The molecule has 0 radical (unpaired) electrons. The van der Waals surface area contributed by atoms with Crippen LogP contribution in [0.15, 0.2) is 59.0 Å². The minimum absolute atomic E-state index is 0.0816. The number of hydrogen-bond acceptors (Lipinski definition) is 6. The van der Waals surface area contributed by atoms with Gasteiger partial charge in [-0.05, 0) is 55.3 Å². The SMILES string of the molecule is N#C/C(=C\c1c(Oc2ccc(F)cc2)nc2ccccn2c1=O)C(=O)NC[C@@H]1CCCO1. The largest absolute Gasteiger partial charge is 0.438 e. The van der Waals surface area contributed by atoms with Crippen LogP contribution in [0.5, 0.6) is 11.6 Å². The molecule has 32 heavy (non-hydrogen) atoms. The van der Waals surface area contributed by atoms with Gasteiger partial charge in [-0.1, -0.05) is 6.07 Å². The molecular formula is C23H19FN4O4. The monoisotopic (exact) mass is 434 g/mol. The van der Waals surface area contributed by atoms with Gasteiger partial charge in [0.05, 0.1) is 6.10 Å². The number of aromatic nitrogens is 2. The van der Waals surface area contributed by atoms with E-state index in [1.807, 2.05) is 6.07 Å². The summed E-state index contributed by atoms with van der Waals surface area (Å²) in [6.45, 7) is 0.914. The van der Waals surface area contributed by atoms with Crippen LogP contribution in [-0.4, -0.2) is 34.5 Å². The second-order valence-electron chi connectivity index (χ2n) is 7.14. The number of halogens is 1. The smallest absolute Gasteiger partial charge is 0.269 e. The third kappa shape index (κ3) is 4.66. The molecule has 1 aliphatic heterocycles. The van der Waals surface area contributed by atoms with Crippen LogP contribution in [0.3, 0.4) is 0 Å². The Morgan fingerprint density at radius 3 is 2.88 bits per heavy atom. The molecule has 0 bridgehead atoms. The molecule has 1 aliphatic rings. The minimum atomic E-state index is -0.631. The third-order valence-corrected chi connectivity index (χ3v) is 4.93. The van der Waals surface area contributed by atoms with Crippen molar-refractivity contribution in [2.45, 2.75) is 18.9 Å². The summed E-state index contributed by atoms with van der Waals surface area (Å²) in [6, 6.07) is 12.0. The van der Waals surface area contributed by atoms with Crippen LogP contribution in [0.2, 0.25) is 0 Å². The number of hydrogen-bond donors (Lipinski definition) is 1. The van der Waals surface area contributed by atoms with E-state index >= 15 is 0 Å². The Balaban J connectivity index is 1.72. The molecule has 1 atom stereocenters. The second kappa shape index (κ2) is 9.41. The van der Waals surface area contributed by atoms with E-state index in [0.29, 0.717) is 12.3 Å². The Labute approximate surface area is 182 Å². The number of fused-ring (bicyclic) bond motifs is 1. The standard InChI is InChI=1S/C23H19FN4O4/c24-16-6-8-17(9-7-16)32-22-19(23(30)28-10-2-1-5-20(28)27-22)12-15(13-25)21(29)26-14-18-4-3-11-31-18/h1-2,5-10,12,18H,3-4,11,14H2,(H,26,29)/b15-12+/t18-/m0/s1. The van der Waals surface area contributed by atoms with E-state index in [9.17, 15) is 19.2 Å². The molecule has 0 unspecified atom stereocenters. The number of nitrogens with one attached hydrogen (secondary N) is 1. The summed E-state index contributed by atoms with van der Waals surface area (Å²) in [7, 11) is 0. The first kappa shape index (κ1) is 21.2. The predicted molar refractivity (Wildman–Crippen MR) is 114 cm³/mol. The highest BCUT2D eigenvalue weighted by Crippen LogP contribution is 2.24. The van der Waals surface area contributed by atoms with Crippen LogP contribution in [0.1, 0.15) is 18.4 Å². The van der Waals surface area contributed by atoms with Gasteiger partial charge in [-0.3, -0.25) is 14.0 Å². The first-order valence-electron chi connectivity index (χ1n) is 10.0. The topological polar surface area (TPSA) is 106 Å². The van der Waals surface area contributed by atoms with Gasteiger partial charge >= 0.3 is 0 Å². The molecule has 4 rings (SSSR count). The van der Waals surface area contributed by atoms with E-state index in [1.165, 1.54) is 34.9 Å². The quantitative estimate of drug-likeness (QED) is 0.472. The van der Waals surface area contributed by atoms with Crippen molar-refractivity contribution < 1.29 is 18.7 Å². The van der Waals surface area contributed by atoms with E-state index in [4.69, 9.17) is 9.47 Å². The lowest BCUT2D eigenvalue weighted by molar-refractivity contribution is -0.117. The average molecular weight is 434 g/mol. The first-order chi connectivity index (χ1) is 15.5. The summed E-state index contributed by atoms with van der Waals surface area (Å²) in [5.41, 5.74) is -0.566. The Morgan fingerprint density at radius 1 is 1.34 bits per heavy atom. The molecular weight excluding hydrogens is 415 g/mol. The normalized spacial score (nSPS) is 16.0. The van der Waals surface area contributed by atoms with Gasteiger partial charge in [0, 0.05) is 19.3 Å². The fraction of sp³-hybridized carbons (Fsp3) is 0.217. The first-order valence-corrected chi connectivity index (χ1v) is 10.0. The van der Waals surface area contributed by atoms with E-state index in [1.54, 1.807) is 18.2 Å². The number of nitrogens with zero attached hydrogens (tertiary/aromatic N) is 3. The number of carbonyl (C=O) groups is 1. The van der Waals surface area contributed by atoms with Gasteiger partial charge in [-0.2, -0.15) is 10.2 Å². The van der Waals surface area contributed by atoms with Gasteiger partial charge in [0.1, 0.15) is 34.4 Å². The number of rotatable bonds is 6. The lowest BCUT2D eigenvalue weighted by Gasteiger charge is -2.11. The number of amides is 1. The highest BCUT2D eigenvalue weighted by atomic mass is 19.1. The summed E-state index contributed by atoms with van der Waals surface area (Å²) in [4.78, 5) is 30.0. The summed E-state index contributed by atoms with van der Waals surface area (Å²) in [5.74, 6) is -0.936. The van der Waals surface area contributed by atoms with Gasteiger partial charge in [-0.25, -0.2) is 4.39 Å². The van der Waals surface area contributed by atoms with Crippen molar-refractivity contribution in [2.24, 2.45) is 0 Å². The molecule has 9 heteroatoms. The van der Waals surface area contributed by atoms with E-state index in [-0.39, 0.29) is 35.4 Å². The zero-order chi connectivity index (χ0) is 22.5. The Hall–Kier alpha value is -4.03. The third-order valence-electron chi connectivity index (χ3n) is 4.93. The molecule has 3 aromatic rings. The summed E-state index contributed by atoms with van der Waals surface area (Å²) < 4.78 is 25.7. The maximum atomic E-state index is 13.2. The summed E-state index contributed by atoms with van der Waals surface area (Å²) in [5, 5.41) is 12.2. The number of benzene rings is 1. The van der Waals surface area contributed by atoms with Gasteiger partial charge in [-0.15, -0.1) is 0 Å². The van der Waals surface area contributed by atoms with Crippen LogP contribution in [-0.2, 0) is 9.53 Å². The van der Waals surface area contributed by atoms with Crippen molar-refractivity contribution in [1.82, 2.24) is 14.7 Å². The maximum Gasteiger partial charge on any atom is 0.269 e. The second-order valence-corrected chi connectivity index (χ2v) is 7.14. The molecule has 0 aliphatic carbocycles. The average Bonchev–Trinajstić information content (AvgIpc) is 3.33. The summed E-state index contributed by atoms with van der Waals surface area (Å²) >= 11 is 0. The minimum Gasteiger partial charge on any atom is -0.438 e. The Kier molecular flexibility index (Phi) is 6.24. The van der Waals surface area contributed by atoms with Crippen LogP contribution in [0, 0.1) is 17.1 Å². The Morgan fingerprint density at radius 2 is 2.16 bits per heavy atom. The van der Waals surface area contributed by atoms with Gasteiger partial charge in [0.15, 0.2) is 0 Å². The molecule has 2 aromatic heterocycles. The zero-order valence-electron chi connectivity index (χ0n) is 17.0. The van der Waals surface area contributed by atoms with Gasteiger partial charge < -0.3 is 14.8 Å². The molecule has 1 saturated heterocycles. The molecule has 1 amide bonds. The van der Waals surface area contributed by atoms with Crippen LogP contribution in [0.25, 0.3) is 11.7 Å². The molecule has 1 N–H and O–H groups in total. The van der Waals surface area contributed by atoms with Crippen molar-refractivity contribution in [3.05, 3.63) is 76.0 Å². The molecule has 1 aromatic carbocycles. The molecule has 3 heterocycles. The number of nitriles is 1. The van der Waals surface area contributed by atoms with Gasteiger partial charge in [0.2, 0.25) is 5.88 Å². The molecule has 1 fully saturated rings. The molecule has 162 valence electrons. The highest BCUT2D eigenvalue weighted by molar-refractivity contribution is 6.01. The number of carbonyl (C=O) groups excluding carboxylic acids is 1. The van der Waals surface area contributed by atoms with Crippen LogP contribution in [0.4, 0.5) is 4.39 Å². The van der Waals surface area contributed by atoms with E-state index in [2.05, 4.69) is 10.3 Å². The highest BCUT2D eigenvalue weighted by Gasteiger charge is 2.20. The number of pyridine rings is 1. The maximum absolute atomic E-state index is 13.2. The fourth-order valence-electron chi connectivity index (χ4n) is 3.30. The van der Waals surface area contributed by atoms with E-state index in [0.717, 1.165) is 18.9 Å². The summed E-state index contributed by atoms with van der Waals surface area (Å²) in [6.07, 6.45) is 4.33. The molecule has 8 nitrogen and oxygen atoms in total. The van der Waals surface area contributed by atoms with E-state index < -0.39 is 17.3 Å². The van der Waals surface area contributed by atoms with Gasteiger partial charge in [0.25, 0.3) is 11.5 Å². The lowest BCUT2D eigenvalue weighted by atomic mass is 10.1. The lowest BCUT2D eigenvalue weighted by Crippen LogP contribution is -2.32. The van der Waals surface area contributed by atoms with Crippen molar-refractivity contribution in [3.63, 3.8) is 0 Å². The van der Waals surface area contributed by atoms with Crippen molar-refractivity contribution in [1.29, 1.82) is 5.26 Å². The van der Waals surface area contributed by atoms with Crippen molar-refractivity contribution >= 4 is 17.6 Å². The van der Waals surface area contributed by atoms with Crippen molar-refractivity contribution in [2.75, 3.05) is 13.2 Å². The molecule has 0 spiro atoms.